The summed E-state index contributed by atoms with van der Waals surface area (Å²) in [6, 6.07) is 0. The quantitative estimate of drug-likeness (QED) is 0.422. The topological polar surface area (TPSA) is 37.4 Å². The number of unbranched alkanes of at least 4 members (excludes halogenated alkanes) is 2. The lowest BCUT2D eigenvalue weighted by molar-refractivity contribution is -0.141. The second kappa shape index (κ2) is 3.93. The van der Waals surface area contributed by atoms with Crippen LogP contribution in [0.2, 0.25) is 0 Å². The van der Waals surface area contributed by atoms with Crippen LogP contribution in [-0.2, 0) is 9.59 Å². The van der Waals surface area contributed by atoms with Gasteiger partial charge in [-0.15, -0.1) is 0 Å². The number of fused-ring (bicyclic) bond motifs is 1. The highest BCUT2D eigenvalue weighted by molar-refractivity contribution is 7.80. The molecule has 2 atom stereocenters. The summed E-state index contributed by atoms with van der Waals surface area (Å²) in [5.74, 6) is 1.16. The van der Waals surface area contributed by atoms with Gasteiger partial charge in [0, 0.05) is 6.54 Å². The SMILES string of the molecule is O=C1C2CC2C(=O)N1CCCCCS. The molecule has 4 heteroatoms. The molecule has 1 saturated heterocycles. The van der Waals surface area contributed by atoms with Crippen LogP contribution in [0.3, 0.4) is 0 Å². The summed E-state index contributed by atoms with van der Waals surface area (Å²) in [4.78, 5) is 24.5. The Bertz CT molecular complexity index is 247. The zero-order valence-corrected chi connectivity index (χ0v) is 9.00. The molecule has 0 bridgehead atoms. The number of carbonyl (C=O) groups excluding carboxylic acids is 2. The predicted molar refractivity (Wildman–Crippen MR) is 56.0 cm³/mol. The van der Waals surface area contributed by atoms with Crippen LogP contribution < -0.4 is 0 Å². The minimum Gasteiger partial charge on any atom is -0.282 e. The first-order valence-electron chi connectivity index (χ1n) is 5.22. The van der Waals surface area contributed by atoms with Crippen molar-refractivity contribution in [1.29, 1.82) is 0 Å². The van der Waals surface area contributed by atoms with E-state index < -0.39 is 0 Å². The van der Waals surface area contributed by atoms with Crippen LogP contribution in [0, 0.1) is 11.8 Å². The van der Waals surface area contributed by atoms with E-state index in [9.17, 15) is 9.59 Å². The molecule has 1 saturated carbocycles. The molecule has 0 spiro atoms. The fourth-order valence-electron chi connectivity index (χ4n) is 2.03. The molecule has 2 unspecified atom stereocenters. The van der Waals surface area contributed by atoms with Gasteiger partial charge in [0.15, 0.2) is 0 Å². The first-order chi connectivity index (χ1) is 6.75. The van der Waals surface area contributed by atoms with Crippen molar-refractivity contribution in [2.75, 3.05) is 12.3 Å². The van der Waals surface area contributed by atoms with Gasteiger partial charge in [0.25, 0.3) is 0 Å². The zero-order chi connectivity index (χ0) is 10.1. The maximum Gasteiger partial charge on any atom is 0.233 e. The highest BCUT2D eigenvalue weighted by Crippen LogP contribution is 2.46. The Morgan fingerprint density at radius 1 is 1.14 bits per heavy atom. The predicted octanol–water partition coefficient (Wildman–Crippen LogP) is 1.09. The van der Waals surface area contributed by atoms with Gasteiger partial charge in [-0.05, 0) is 25.0 Å². The zero-order valence-electron chi connectivity index (χ0n) is 8.11. The summed E-state index contributed by atoms with van der Waals surface area (Å²) >= 11 is 4.11. The molecule has 1 aliphatic heterocycles. The summed E-state index contributed by atoms with van der Waals surface area (Å²) in [5, 5.41) is 0. The third-order valence-corrected chi connectivity index (χ3v) is 3.31. The van der Waals surface area contributed by atoms with Crippen molar-refractivity contribution < 1.29 is 9.59 Å². The first-order valence-corrected chi connectivity index (χ1v) is 5.85. The van der Waals surface area contributed by atoms with Crippen molar-refractivity contribution in [2.45, 2.75) is 25.7 Å². The van der Waals surface area contributed by atoms with E-state index in [1.807, 2.05) is 0 Å². The maximum absolute atomic E-state index is 11.5. The molecule has 2 rings (SSSR count). The number of piperidine rings is 1. The van der Waals surface area contributed by atoms with E-state index in [4.69, 9.17) is 0 Å². The monoisotopic (exact) mass is 213 g/mol. The highest BCUT2D eigenvalue weighted by Gasteiger charge is 2.58. The number of rotatable bonds is 5. The Labute approximate surface area is 89.3 Å². The first kappa shape index (κ1) is 10.0. The van der Waals surface area contributed by atoms with Crippen LogP contribution in [0.25, 0.3) is 0 Å². The Morgan fingerprint density at radius 2 is 1.79 bits per heavy atom. The largest absolute Gasteiger partial charge is 0.282 e. The Kier molecular flexibility index (Phi) is 2.81. The van der Waals surface area contributed by atoms with E-state index in [0.29, 0.717) is 6.54 Å². The third-order valence-electron chi connectivity index (χ3n) is 3.00. The number of hydrogen-bond acceptors (Lipinski definition) is 3. The van der Waals surface area contributed by atoms with Gasteiger partial charge in [0.2, 0.25) is 11.8 Å². The lowest BCUT2D eigenvalue weighted by atomic mass is 10.2. The van der Waals surface area contributed by atoms with Gasteiger partial charge < -0.3 is 0 Å². The summed E-state index contributed by atoms with van der Waals surface area (Å²) in [6.07, 6.45) is 3.85. The molecule has 78 valence electrons. The second-order valence-corrected chi connectivity index (χ2v) is 4.51. The maximum atomic E-state index is 11.5. The highest BCUT2D eigenvalue weighted by atomic mass is 32.1. The number of carbonyl (C=O) groups is 2. The molecule has 0 aromatic carbocycles. The lowest BCUT2D eigenvalue weighted by Gasteiger charge is -2.15. The Hall–Kier alpha value is -0.510. The number of likely N-dealkylation sites (tertiary alicyclic amines) is 1. The van der Waals surface area contributed by atoms with E-state index in [1.54, 1.807) is 0 Å². The standard InChI is InChI=1S/C10H15NO2S/c12-9-7-6-8(7)10(13)11(9)4-2-1-3-5-14/h7-8,14H,1-6H2. The molecule has 2 amide bonds. The van der Waals surface area contributed by atoms with Crippen LogP contribution >= 0.6 is 12.6 Å². The molecule has 1 aliphatic carbocycles. The van der Waals surface area contributed by atoms with Crippen molar-refractivity contribution in [3.05, 3.63) is 0 Å². The van der Waals surface area contributed by atoms with Crippen LogP contribution in [-0.4, -0.2) is 29.0 Å². The number of nitrogens with zero attached hydrogens (tertiary/aromatic N) is 1. The van der Waals surface area contributed by atoms with Gasteiger partial charge in [0.05, 0.1) is 11.8 Å². The van der Waals surface area contributed by atoms with Crippen molar-refractivity contribution in [2.24, 2.45) is 11.8 Å². The molecular weight excluding hydrogens is 198 g/mol. The summed E-state index contributed by atoms with van der Waals surface area (Å²) < 4.78 is 0. The van der Waals surface area contributed by atoms with E-state index in [1.165, 1.54) is 4.90 Å². The van der Waals surface area contributed by atoms with Crippen LogP contribution in [0.1, 0.15) is 25.7 Å². The molecule has 0 N–H and O–H groups in total. The van der Waals surface area contributed by atoms with Crippen molar-refractivity contribution in [3.8, 4) is 0 Å². The van der Waals surface area contributed by atoms with Crippen molar-refractivity contribution in [3.63, 3.8) is 0 Å². The average Bonchev–Trinajstić information content (AvgIpc) is 2.91. The van der Waals surface area contributed by atoms with Crippen molar-refractivity contribution in [1.82, 2.24) is 4.90 Å². The summed E-state index contributed by atoms with van der Waals surface area (Å²) in [7, 11) is 0. The van der Waals surface area contributed by atoms with Crippen LogP contribution in [0.15, 0.2) is 0 Å². The summed E-state index contributed by atoms with van der Waals surface area (Å²) in [6.45, 7) is 0.623. The molecule has 0 aromatic heterocycles. The molecule has 2 fully saturated rings. The number of hydrogen-bond donors (Lipinski definition) is 1. The molecule has 0 radical (unpaired) electrons. The average molecular weight is 213 g/mol. The molecule has 0 aromatic rings. The van der Waals surface area contributed by atoms with Gasteiger partial charge >= 0.3 is 0 Å². The van der Waals surface area contributed by atoms with E-state index in [0.717, 1.165) is 31.4 Å². The normalized spacial score (nSPS) is 29.6. The van der Waals surface area contributed by atoms with E-state index in [2.05, 4.69) is 12.6 Å². The third kappa shape index (κ3) is 1.67. The minimum absolute atomic E-state index is 0.0624. The molecule has 2 aliphatic rings. The number of imide groups is 1. The Morgan fingerprint density at radius 3 is 2.36 bits per heavy atom. The smallest absolute Gasteiger partial charge is 0.233 e. The van der Waals surface area contributed by atoms with Crippen LogP contribution in [0.4, 0.5) is 0 Å². The van der Waals surface area contributed by atoms with Gasteiger partial charge in [-0.3, -0.25) is 14.5 Å². The number of thiol groups is 1. The lowest BCUT2D eigenvalue weighted by Crippen LogP contribution is -2.33. The Balaban J connectivity index is 1.76. The minimum atomic E-state index is 0.0624. The molecule has 3 nitrogen and oxygen atoms in total. The van der Waals surface area contributed by atoms with Gasteiger partial charge in [-0.1, -0.05) is 6.42 Å². The van der Waals surface area contributed by atoms with Crippen LogP contribution in [0.5, 0.6) is 0 Å². The van der Waals surface area contributed by atoms with Gasteiger partial charge in [-0.2, -0.15) is 12.6 Å². The molecule has 14 heavy (non-hydrogen) atoms. The van der Waals surface area contributed by atoms with E-state index in [-0.39, 0.29) is 23.7 Å². The fourth-order valence-corrected chi connectivity index (χ4v) is 2.25. The summed E-state index contributed by atoms with van der Waals surface area (Å²) in [5.41, 5.74) is 0. The van der Waals surface area contributed by atoms with Crippen molar-refractivity contribution >= 4 is 24.4 Å². The molecule has 1 heterocycles. The number of amides is 2. The fraction of sp³-hybridized carbons (Fsp3) is 0.800. The van der Waals surface area contributed by atoms with Gasteiger partial charge in [-0.25, -0.2) is 0 Å². The second-order valence-electron chi connectivity index (χ2n) is 4.06. The van der Waals surface area contributed by atoms with Gasteiger partial charge in [0.1, 0.15) is 0 Å². The van der Waals surface area contributed by atoms with E-state index >= 15 is 0 Å². The molecular formula is C10H15NO2S.